The third kappa shape index (κ3) is 3.24. The molecule has 1 atom stereocenters. The van der Waals surface area contributed by atoms with Gasteiger partial charge in [-0.2, -0.15) is 0 Å². The van der Waals surface area contributed by atoms with Gasteiger partial charge in [-0.05, 0) is 54.1 Å². The number of hydrogen-bond donors (Lipinski definition) is 0. The van der Waals surface area contributed by atoms with Crippen LogP contribution in [0, 0.1) is 0 Å². The van der Waals surface area contributed by atoms with Crippen LogP contribution < -0.4 is 9.47 Å². The van der Waals surface area contributed by atoms with Gasteiger partial charge >= 0.3 is 0 Å². The second-order valence-electron chi connectivity index (χ2n) is 5.96. The molecule has 0 spiro atoms. The largest absolute Gasteiger partial charge is 0.493 e. The second kappa shape index (κ2) is 7.37. The average Bonchev–Trinajstić information content (AvgIpc) is 3.12. The first kappa shape index (κ1) is 16.3. The molecule has 0 bridgehead atoms. The van der Waals surface area contributed by atoms with Crippen LogP contribution in [-0.4, -0.2) is 32.2 Å². The minimum absolute atomic E-state index is 0.338. The fourth-order valence-corrected chi connectivity index (χ4v) is 4.26. The molecule has 23 heavy (non-hydrogen) atoms. The van der Waals surface area contributed by atoms with Gasteiger partial charge in [-0.1, -0.05) is 19.4 Å². The Bertz CT molecular complexity index is 639. The summed E-state index contributed by atoms with van der Waals surface area (Å²) in [4.78, 5) is 4.03. The molecular formula is C19H25NO2S. The van der Waals surface area contributed by atoms with E-state index in [1.165, 1.54) is 28.8 Å². The molecule has 1 aromatic carbocycles. The Morgan fingerprint density at radius 1 is 1.22 bits per heavy atom. The lowest BCUT2D eigenvalue weighted by Gasteiger charge is -2.37. The zero-order chi connectivity index (χ0) is 16.2. The van der Waals surface area contributed by atoms with Gasteiger partial charge in [0.2, 0.25) is 0 Å². The Kier molecular flexibility index (Phi) is 5.23. The van der Waals surface area contributed by atoms with Gasteiger partial charge in [-0.25, -0.2) is 0 Å². The maximum absolute atomic E-state index is 5.54. The summed E-state index contributed by atoms with van der Waals surface area (Å²) in [5.41, 5.74) is 2.75. The Balaban J connectivity index is 2.04. The van der Waals surface area contributed by atoms with Gasteiger partial charge in [-0.15, -0.1) is 11.3 Å². The molecule has 0 aliphatic carbocycles. The van der Waals surface area contributed by atoms with Crippen molar-refractivity contribution in [1.82, 2.24) is 4.90 Å². The summed E-state index contributed by atoms with van der Waals surface area (Å²) in [6, 6.07) is 9.07. The van der Waals surface area contributed by atoms with Crippen LogP contribution in [0.1, 0.15) is 41.8 Å². The molecule has 1 aliphatic heterocycles. The lowest BCUT2D eigenvalue weighted by Crippen LogP contribution is -2.36. The molecule has 4 heteroatoms. The summed E-state index contributed by atoms with van der Waals surface area (Å²) in [5, 5.41) is 2.17. The predicted octanol–water partition coefficient (Wildman–Crippen LogP) is 4.51. The number of unbranched alkanes of at least 4 members (excludes halogenated alkanes) is 1. The van der Waals surface area contributed by atoms with Crippen molar-refractivity contribution in [1.29, 1.82) is 0 Å². The molecule has 3 rings (SSSR count). The van der Waals surface area contributed by atoms with Crippen LogP contribution in [0.25, 0.3) is 0 Å². The summed E-state index contributed by atoms with van der Waals surface area (Å²) >= 11 is 1.84. The van der Waals surface area contributed by atoms with E-state index in [0.29, 0.717) is 6.04 Å². The first-order valence-corrected chi connectivity index (χ1v) is 9.18. The van der Waals surface area contributed by atoms with E-state index in [1.54, 1.807) is 14.2 Å². The highest BCUT2D eigenvalue weighted by Crippen LogP contribution is 2.42. The molecule has 3 nitrogen and oxygen atoms in total. The topological polar surface area (TPSA) is 21.7 Å². The lowest BCUT2D eigenvalue weighted by molar-refractivity contribution is 0.212. The van der Waals surface area contributed by atoms with Crippen LogP contribution in [-0.2, 0) is 6.42 Å². The first-order chi connectivity index (χ1) is 11.3. The molecule has 1 aromatic heterocycles. The van der Waals surface area contributed by atoms with E-state index < -0.39 is 0 Å². The van der Waals surface area contributed by atoms with Crippen LogP contribution >= 0.6 is 11.3 Å². The highest BCUT2D eigenvalue weighted by Gasteiger charge is 2.30. The molecule has 2 aromatic rings. The van der Waals surface area contributed by atoms with Gasteiger partial charge in [0, 0.05) is 11.4 Å². The maximum Gasteiger partial charge on any atom is 0.161 e. The van der Waals surface area contributed by atoms with E-state index in [4.69, 9.17) is 9.47 Å². The monoisotopic (exact) mass is 331 g/mol. The van der Waals surface area contributed by atoms with Crippen molar-refractivity contribution < 1.29 is 9.47 Å². The second-order valence-corrected chi connectivity index (χ2v) is 6.94. The van der Waals surface area contributed by atoms with Crippen molar-refractivity contribution in [2.75, 3.05) is 27.3 Å². The Hall–Kier alpha value is -1.52. The number of benzene rings is 1. The minimum atomic E-state index is 0.338. The van der Waals surface area contributed by atoms with Crippen molar-refractivity contribution >= 4 is 11.3 Å². The highest BCUT2D eigenvalue weighted by atomic mass is 32.1. The zero-order valence-electron chi connectivity index (χ0n) is 14.2. The summed E-state index contributed by atoms with van der Waals surface area (Å²) in [5.74, 6) is 1.66. The predicted molar refractivity (Wildman–Crippen MR) is 95.9 cm³/mol. The normalized spacial score (nSPS) is 17.8. The number of thiophene rings is 1. The Morgan fingerprint density at radius 3 is 2.65 bits per heavy atom. The molecule has 0 fully saturated rings. The molecule has 2 heterocycles. The number of fused-ring (bicyclic) bond motifs is 1. The van der Waals surface area contributed by atoms with Gasteiger partial charge in [0.25, 0.3) is 0 Å². The number of ether oxygens (including phenoxy) is 2. The van der Waals surface area contributed by atoms with Crippen LogP contribution in [0.3, 0.4) is 0 Å². The van der Waals surface area contributed by atoms with Crippen molar-refractivity contribution in [3.8, 4) is 11.5 Å². The standard InChI is InChI=1S/C19H25NO2S/c1-4-5-9-20-10-8-14-12-16(21-2)17(22-3)13-15(14)19(20)18-7-6-11-23-18/h6-7,11-13,19H,4-5,8-10H2,1-3H3/t19-/m0/s1. The zero-order valence-corrected chi connectivity index (χ0v) is 15.0. The van der Waals surface area contributed by atoms with Crippen molar-refractivity contribution in [2.45, 2.75) is 32.2 Å². The van der Waals surface area contributed by atoms with Crippen molar-refractivity contribution in [3.05, 3.63) is 45.6 Å². The quantitative estimate of drug-likeness (QED) is 0.777. The summed E-state index contributed by atoms with van der Waals surface area (Å²) in [7, 11) is 3.42. The number of hydrogen-bond acceptors (Lipinski definition) is 4. The van der Waals surface area contributed by atoms with Gasteiger partial charge < -0.3 is 9.47 Å². The van der Waals surface area contributed by atoms with Crippen LogP contribution in [0.4, 0.5) is 0 Å². The summed E-state index contributed by atoms with van der Waals surface area (Å²) in [6.45, 7) is 4.50. The molecule has 1 aliphatic rings. The van der Waals surface area contributed by atoms with Gasteiger partial charge in [0.05, 0.1) is 20.3 Å². The van der Waals surface area contributed by atoms with E-state index in [2.05, 4.69) is 41.5 Å². The number of methoxy groups -OCH3 is 2. The van der Waals surface area contributed by atoms with E-state index in [1.807, 2.05) is 11.3 Å². The molecule has 0 N–H and O–H groups in total. The molecule has 0 saturated carbocycles. The van der Waals surface area contributed by atoms with Gasteiger partial charge in [0.15, 0.2) is 11.5 Å². The first-order valence-electron chi connectivity index (χ1n) is 8.30. The molecule has 124 valence electrons. The van der Waals surface area contributed by atoms with Crippen LogP contribution in [0.2, 0.25) is 0 Å². The highest BCUT2D eigenvalue weighted by molar-refractivity contribution is 7.10. The van der Waals surface area contributed by atoms with E-state index in [-0.39, 0.29) is 0 Å². The SMILES string of the molecule is CCCCN1CCc2cc(OC)c(OC)cc2[C@H]1c1cccs1. The smallest absolute Gasteiger partial charge is 0.161 e. The molecular weight excluding hydrogens is 306 g/mol. The maximum atomic E-state index is 5.54. The summed E-state index contributed by atoms with van der Waals surface area (Å²) < 4.78 is 11.0. The number of nitrogens with zero attached hydrogens (tertiary/aromatic N) is 1. The molecule has 0 radical (unpaired) electrons. The van der Waals surface area contributed by atoms with Crippen LogP contribution in [0.15, 0.2) is 29.6 Å². The fourth-order valence-electron chi connectivity index (χ4n) is 3.38. The third-order valence-corrected chi connectivity index (χ3v) is 5.51. The Morgan fingerprint density at radius 2 is 2.00 bits per heavy atom. The van der Waals surface area contributed by atoms with Gasteiger partial charge in [0.1, 0.15) is 0 Å². The third-order valence-electron chi connectivity index (χ3n) is 4.59. The van der Waals surface area contributed by atoms with Crippen LogP contribution in [0.5, 0.6) is 11.5 Å². The Labute approximate surface area is 142 Å². The van der Waals surface area contributed by atoms with E-state index in [9.17, 15) is 0 Å². The number of rotatable bonds is 6. The van der Waals surface area contributed by atoms with E-state index >= 15 is 0 Å². The lowest BCUT2D eigenvalue weighted by atomic mass is 9.90. The average molecular weight is 331 g/mol. The molecule has 0 unspecified atom stereocenters. The molecule has 0 amide bonds. The van der Waals surface area contributed by atoms with Crippen molar-refractivity contribution in [2.24, 2.45) is 0 Å². The fraction of sp³-hybridized carbons (Fsp3) is 0.474. The summed E-state index contributed by atoms with van der Waals surface area (Å²) in [6.07, 6.45) is 3.54. The minimum Gasteiger partial charge on any atom is -0.493 e. The van der Waals surface area contributed by atoms with E-state index in [0.717, 1.165) is 31.0 Å². The van der Waals surface area contributed by atoms with Gasteiger partial charge in [-0.3, -0.25) is 4.90 Å². The molecule has 0 saturated heterocycles. The van der Waals surface area contributed by atoms with Crippen molar-refractivity contribution in [3.63, 3.8) is 0 Å².